The second-order valence-corrected chi connectivity index (χ2v) is 7.57. The third-order valence-corrected chi connectivity index (χ3v) is 5.49. The molecule has 168 valence electrons. The maximum absolute atomic E-state index is 11.6. The molecule has 3 aromatic carbocycles. The van der Waals surface area contributed by atoms with Crippen LogP contribution in [0.4, 0.5) is 0 Å². The van der Waals surface area contributed by atoms with E-state index in [0.29, 0.717) is 5.56 Å². The molecular formula is C27H30O5. The molecule has 5 nitrogen and oxygen atoms in total. The second kappa shape index (κ2) is 11.2. The molecule has 0 saturated carbocycles. The summed E-state index contributed by atoms with van der Waals surface area (Å²) in [4.78, 5) is 11.6. The van der Waals surface area contributed by atoms with Crippen LogP contribution in [-0.4, -0.2) is 34.4 Å². The van der Waals surface area contributed by atoms with E-state index in [1.165, 1.54) is 29.4 Å². The molecule has 0 radical (unpaired) electrons. The van der Waals surface area contributed by atoms with Crippen LogP contribution >= 0.6 is 0 Å². The average molecular weight is 435 g/mol. The van der Waals surface area contributed by atoms with Gasteiger partial charge in [-0.2, -0.15) is 0 Å². The highest BCUT2D eigenvalue weighted by molar-refractivity contribution is 5.89. The summed E-state index contributed by atoms with van der Waals surface area (Å²) in [5.41, 5.74) is 5.39. The Hall–Kier alpha value is -3.47. The van der Waals surface area contributed by atoms with Crippen LogP contribution in [-0.2, 0) is 30.4 Å². The summed E-state index contributed by atoms with van der Waals surface area (Å²) in [6.07, 6.45) is 3.55. The first-order chi connectivity index (χ1) is 15.6. The topological polar surface area (TPSA) is 54.0 Å². The van der Waals surface area contributed by atoms with E-state index in [9.17, 15) is 4.79 Å². The van der Waals surface area contributed by atoms with Crippen LogP contribution in [0.25, 0.3) is 0 Å². The fourth-order valence-electron chi connectivity index (χ4n) is 3.67. The van der Waals surface area contributed by atoms with Gasteiger partial charge >= 0.3 is 5.97 Å². The largest absolute Gasteiger partial charge is 0.497 e. The summed E-state index contributed by atoms with van der Waals surface area (Å²) in [7, 11) is 6.38. The van der Waals surface area contributed by atoms with Crippen molar-refractivity contribution in [2.24, 2.45) is 0 Å². The average Bonchev–Trinajstić information content (AvgIpc) is 2.85. The minimum absolute atomic E-state index is 0.316. The lowest BCUT2D eigenvalue weighted by molar-refractivity contribution is 0.0600. The minimum Gasteiger partial charge on any atom is -0.497 e. The third-order valence-electron chi connectivity index (χ3n) is 5.49. The van der Waals surface area contributed by atoms with Gasteiger partial charge in [0.2, 0.25) is 0 Å². The fraction of sp³-hybridized carbons (Fsp3) is 0.296. The highest BCUT2D eigenvalue weighted by Gasteiger charge is 2.08. The van der Waals surface area contributed by atoms with Gasteiger partial charge < -0.3 is 18.9 Å². The molecule has 0 aliphatic carbocycles. The van der Waals surface area contributed by atoms with Crippen LogP contribution in [0.3, 0.4) is 0 Å². The van der Waals surface area contributed by atoms with Crippen molar-refractivity contribution in [1.29, 1.82) is 0 Å². The normalized spacial score (nSPS) is 10.5. The molecule has 0 unspecified atom stereocenters. The van der Waals surface area contributed by atoms with Crippen LogP contribution in [0.5, 0.6) is 17.2 Å². The number of hydrogen-bond donors (Lipinski definition) is 0. The van der Waals surface area contributed by atoms with Crippen molar-refractivity contribution in [1.82, 2.24) is 0 Å². The second-order valence-electron chi connectivity index (χ2n) is 7.57. The number of aryl methyl sites for hydroxylation is 4. The molecule has 5 heteroatoms. The summed E-state index contributed by atoms with van der Waals surface area (Å²) in [5.74, 6) is 2.03. The fourth-order valence-corrected chi connectivity index (χ4v) is 3.67. The summed E-state index contributed by atoms with van der Waals surface area (Å²) >= 11 is 0. The molecule has 0 bridgehead atoms. The first kappa shape index (κ1) is 23.2. The minimum atomic E-state index is -0.316. The van der Waals surface area contributed by atoms with Crippen molar-refractivity contribution >= 4 is 5.97 Å². The van der Waals surface area contributed by atoms with Crippen LogP contribution in [0.1, 0.15) is 32.6 Å². The summed E-state index contributed by atoms with van der Waals surface area (Å²) in [5, 5.41) is 0. The van der Waals surface area contributed by atoms with Crippen molar-refractivity contribution in [3.63, 3.8) is 0 Å². The maximum atomic E-state index is 11.6. The number of rotatable bonds is 10. The van der Waals surface area contributed by atoms with Crippen molar-refractivity contribution in [2.75, 3.05) is 28.4 Å². The van der Waals surface area contributed by atoms with Gasteiger partial charge in [0, 0.05) is 0 Å². The summed E-state index contributed by atoms with van der Waals surface area (Å²) in [6.45, 7) is 0. The molecule has 0 N–H and O–H groups in total. The Bertz CT molecular complexity index is 1040. The van der Waals surface area contributed by atoms with Gasteiger partial charge in [0.25, 0.3) is 0 Å². The lowest BCUT2D eigenvalue weighted by atomic mass is 9.98. The number of esters is 1. The Kier molecular flexibility index (Phi) is 8.14. The SMILES string of the molecule is COC(=O)c1ccc(CCc2cc(CCc3ccc(OC)c(OC)c3)cc(OC)c2)cc1. The van der Waals surface area contributed by atoms with Crippen LogP contribution in [0, 0.1) is 0 Å². The van der Waals surface area contributed by atoms with E-state index in [4.69, 9.17) is 18.9 Å². The standard InChI is InChI=1S/C27H30O5/c1-29-24-16-21(7-5-19-9-12-23(13-10-19)27(28)32-4)15-22(17-24)8-6-20-11-14-25(30-2)26(18-20)31-3/h9-18H,5-8H2,1-4H3. The van der Waals surface area contributed by atoms with Crippen LogP contribution in [0.15, 0.2) is 60.7 Å². The lowest BCUT2D eigenvalue weighted by Crippen LogP contribution is -2.01. The number of carbonyl (C=O) groups is 1. The maximum Gasteiger partial charge on any atom is 0.337 e. The quantitative estimate of drug-likeness (QED) is 0.417. The number of methoxy groups -OCH3 is 4. The Labute approximate surface area is 189 Å². The van der Waals surface area contributed by atoms with Gasteiger partial charge in [-0.05, 0) is 84.3 Å². The summed E-state index contributed by atoms with van der Waals surface area (Å²) in [6, 6.07) is 20.0. The number of carbonyl (C=O) groups excluding carboxylic acids is 1. The number of hydrogen-bond acceptors (Lipinski definition) is 5. The van der Waals surface area contributed by atoms with Crippen molar-refractivity contribution in [3.8, 4) is 17.2 Å². The zero-order chi connectivity index (χ0) is 22.9. The molecule has 0 spiro atoms. The molecule has 0 aromatic heterocycles. The molecular weight excluding hydrogens is 404 g/mol. The van der Waals surface area contributed by atoms with E-state index < -0.39 is 0 Å². The van der Waals surface area contributed by atoms with Gasteiger partial charge in [-0.1, -0.05) is 24.3 Å². The zero-order valence-corrected chi connectivity index (χ0v) is 19.1. The van der Waals surface area contributed by atoms with Gasteiger partial charge in [-0.15, -0.1) is 0 Å². The predicted octanol–water partition coefficient (Wildman–Crippen LogP) is 5.07. The molecule has 0 aliphatic heterocycles. The van der Waals surface area contributed by atoms with Gasteiger partial charge in [0.1, 0.15) is 5.75 Å². The van der Waals surface area contributed by atoms with E-state index in [0.717, 1.165) is 42.9 Å². The highest BCUT2D eigenvalue weighted by Crippen LogP contribution is 2.28. The molecule has 0 saturated heterocycles. The highest BCUT2D eigenvalue weighted by atomic mass is 16.5. The molecule has 0 atom stereocenters. The van der Waals surface area contributed by atoms with E-state index in [2.05, 4.69) is 24.3 Å². The third kappa shape index (κ3) is 6.03. The van der Waals surface area contributed by atoms with Crippen LogP contribution in [0.2, 0.25) is 0 Å². The monoisotopic (exact) mass is 434 g/mol. The predicted molar refractivity (Wildman–Crippen MR) is 125 cm³/mol. The van der Waals surface area contributed by atoms with Gasteiger partial charge in [0.05, 0.1) is 34.0 Å². The van der Waals surface area contributed by atoms with Crippen LogP contribution < -0.4 is 14.2 Å². The summed E-state index contributed by atoms with van der Waals surface area (Å²) < 4.78 is 21.0. The molecule has 32 heavy (non-hydrogen) atoms. The lowest BCUT2D eigenvalue weighted by Gasteiger charge is -2.11. The van der Waals surface area contributed by atoms with Gasteiger partial charge in [-0.3, -0.25) is 0 Å². The molecule has 0 aliphatic rings. The first-order valence-electron chi connectivity index (χ1n) is 10.6. The Morgan fingerprint density at radius 2 is 1.16 bits per heavy atom. The van der Waals surface area contributed by atoms with Crippen molar-refractivity contribution in [3.05, 3.63) is 88.5 Å². The number of ether oxygens (including phenoxy) is 4. The molecule has 0 amide bonds. The molecule has 0 fully saturated rings. The van der Waals surface area contributed by atoms with E-state index in [-0.39, 0.29) is 5.97 Å². The Morgan fingerprint density at radius 1 is 0.594 bits per heavy atom. The van der Waals surface area contributed by atoms with E-state index in [1.54, 1.807) is 33.5 Å². The molecule has 3 aromatic rings. The first-order valence-corrected chi connectivity index (χ1v) is 10.6. The van der Waals surface area contributed by atoms with E-state index >= 15 is 0 Å². The smallest absolute Gasteiger partial charge is 0.337 e. The Morgan fingerprint density at radius 3 is 1.72 bits per heavy atom. The molecule has 0 heterocycles. The van der Waals surface area contributed by atoms with Crippen molar-refractivity contribution < 1.29 is 23.7 Å². The van der Waals surface area contributed by atoms with Gasteiger partial charge in [0.15, 0.2) is 11.5 Å². The Balaban J connectivity index is 1.67. The zero-order valence-electron chi connectivity index (χ0n) is 19.1. The number of benzene rings is 3. The van der Waals surface area contributed by atoms with Crippen molar-refractivity contribution in [2.45, 2.75) is 25.7 Å². The molecule has 3 rings (SSSR count). The van der Waals surface area contributed by atoms with E-state index in [1.807, 2.05) is 24.3 Å². The van der Waals surface area contributed by atoms with Gasteiger partial charge in [-0.25, -0.2) is 4.79 Å².